The Morgan fingerprint density at radius 2 is 2.11 bits per heavy atom. The van der Waals surface area contributed by atoms with Crippen molar-refractivity contribution < 1.29 is 15.0 Å². The maximum absolute atomic E-state index is 11.8. The highest BCUT2D eigenvalue weighted by Crippen LogP contribution is 2.24. The van der Waals surface area contributed by atoms with Crippen LogP contribution in [0.25, 0.3) is 0 Å². The SMILES string of the molecule is Cn1ccc(CCNC(=O)c2ccc(O)c(O)c2)n1. The first-order chi connectivity index (χ1) is 9.06. The van der Waals surface area contributed by atoms with Crippen molar-refractivity contribution in [3.63, 3.8) is 0 Å². The minimum absolute atomic E-state index is 0.245. The summed E-state index contributed by atoms with van der Waals surface area (Å²) in [5.74, 6) is -0.853. The van der Waals surface area contributed by atoms with Gasteiger partial charge in [0.1, 0.15) is 0 Å². The third kappa shape index (κ3) is 3.25. The smallest absolute Gasteiger partial charge is 0.251 e. The number of amides is 1. The monoisotopic (exact) mass is 261 g/mol. The van der Waals surface area contributed by atoms with Crippen molar-refractivity contribution in [3.8, 4) is 11.5 Å². The van der Waals surface area contributed by atoms with Crippen LogP contribution in [0.2, 0.25) is 0 Å². The number of carbonyl (C=O) groups excluding carboxylic acids is 1. The van der Waals surface area contributed by atoms with Crippen LogP contribution in [0.15, 0.2) is 30.5 Å². The summed E-state index contributed by atoms with van der Waals surface area (Å²) < 4.78 is 1.70. The first-order valence-corrected chi connectivity index (χ1v) is 5.85. The van der Waals surface area contributed by atoms with E-state index in [0.29, 0.717) is 18.5 Å². The van der Waals surface area contributed by atoms with Gasteiger partial charge < -0.3 is 15.5 Å². The predicted molar refractivity (Wildman–Crippen MR) is 69.0 cm³/mol. The van der Waals surface area contributed by atoms with Gasteiger partial charge in [0, 0.05) is 31.8 Å². The van der Waals surface area contributed by atoms with Gasteiger partial charge in [-0.15, -0.1) is 0 Å². The molecular formula is C13H15N3O3. The van der Waals surface area contributed by atoms with Crippen molar-refractivity contribution in [2.24, 2.45) is 7.05 Å². The molecule has 19 heavy (non-hydrogen) atoms. The third-order valence-corrected chi connectivity index (χ3v) is 2.67. The second-order valence-electron chi connectivity index (χ2n) is 4.19. The second-order valence-corrected chi connectivity index (χ2v) is 4.19. The molecule has 0 spiro atoms. The van der Waals surface area contributed by atoms with Crippen LogP contribution in [0.1, 0.15) is 16.1 Å². The minimum atomic E-state index is -0.308. The number of nitrogens with zero attached hydrogens (tertiary/aromatic N) is 2. The molecule has 0 saturated carbocycles. The van der Waals surface area contributed by atoms with E-state index in [2.05, 4.69) is 10.4 Å². The molecule has 0 aliphatic carbocycles. The van der Waals surface area contributed by atoms with Crippen LogP contribution in [-0.4, -0.2) is 32.4 Å². The molecule has 1 heterocycles. The van der Waals surface area contributed by atoms with Crippen molar-refractivity contribution in [1.29, 1.82) is 0 Å². The molecule has 0 saturated heterocycles. The fourth-order valence-electron chi connectivity index (χ4n) is 1.67. The highest BCUT2D eigenvalue weighted by Gasteiger charge is 2.08. The van der Waals surface area contributed by atoms with Gasteiger partial charge in [-0.1, -0.05) is 0 Å². The molecule has 1 aromatic heterocycles. The molecule has 0 atom stereocenters. The van der Waals surface area contributed by atoms with Gasteiger partial charge in [0.05, 0.1) is 5.69 Å². The summed E-state index contributed by atoms with van der Waals surface area (Å²) in [6.45, 7) is 0.456. The maximum atomic E-state index is 11.8. The summed E-state index contributed by atoms with van der Waals surface area (Å²) in [5.41, 5.74) is 1.20. The van der Waals surface area contributed by atoms with Gasteiger partial charge in [-0.05, 0) is 24.3 Å². The lowest BCUT2D eigenvalue weighted by molar-refractivity contribution is 0.0953. The largest absolute Gasteiger partial charge is 0.504 e. The molecule has 3 N–H and O–H groups in total. The van der Waals surface area contributed by atoms with Crippen LogP contribution in [0, 0.1) is 0 Å². The Kier molecular flexibility index (Phi) is 3.70. The molecule has 2 aromatic rings. The van der Waals surface area contributed by atoms with Gasteiger partial charge in [-0.2, -0.15) is 5.10 Å². The average Bonchev–Trinajstić information content (AvgIpc) is 2.78. The van der Waals surface area contributed by atoms with Crippen molar-refractivity contribution >= 4 is 5.91 Å². The van der Waals surface area contributed by atoms with Gasteiger partial charge in [-0.25, -0.2) is 0 Å². The Balaban J connectivity index is 1.89. The molecule has 6 heteroatoms. The quantitative estimate of drug-likeness (QED) is 0.710. The van der Waals surface area contributed by atoms with Crippen LogP contribution in [-0.2, 0) is 13.5 Å². The Hall–Kier alpha value is -2.50. The standard InChI is InChI=1S/C13H15N3O3/c1-16-7-5-10(15-16)4-6-14-13(19)9-2-3-11(17)12(18)8-9/h2-3,5,7-8,17-18H,4,6H2,1H3,(H,14,19). The summed E-state index contributed by atoms with van der Waals surface area (Å²) >= 11 is 0. The number of aryl methyl sites for hydroxylation is 1. The number of rotatable bonds is 4. The molecule has 6 nitrogen and oxygen atoms in total. The van der Waals surface area contributed by atoms with Crippen LogP contribution in [0.5, 0.6) is 11.5 Å². The van der Waals surface area contributed by atoms with Gasteiger partial charge in [-0.3, -0.25) is 9.48 Å². The number of aromatic nitrogens is 2. The van der Waals surface area contributed by atoms with Crippen LogP contribution < -0.4 is 5.32 Å². The molecule has 1 aromatic carbocycles. The second kappa shape index (κ2) is 5.43. The van der Waals surface area contributed by atoms with Crippen LogP contribution >= 0.6 is 0 Å². The molecule has 0 bridgehead atoms. The number of hydrogen-bond donors (Lipinski definition) is 3. The van der Waals surface area contributed by atoms with E-state index >= 15 is 0 Å². The van der Waals surface area contributed by atoms with E-state index in [0.717, 1.165) is 5.69 Å². The van der Waals surface area contributed by atoms with Crippen molar-refractivity contribution in [1.82, 2.24) is 15.1 Å². The summed E-state index contributed by atoms with van der Waals surface area (Å²) in [7, 11) is 1.83. The van der Waals surface area contributed by atoms with E-state index in [-0.39, 0.29) is 17.4 Å². The van der Waals surface area contributed by atoms with Crippen LogP contribution in [0.4, 0.5) is 0 Å². The zero-order valence-corrected chi connectivity index (χ0v) is 10.5. The van der Waals surface area contributed by atoms with E-state index in [1.807, 2.05) is 19.3 Å². The van der Waals surface area contributed by atoms with Gasteiger partial charge in [0.25, 0.3) is 5.91 Å². The lowest BCUT2D eigenvalue weighted by atomic mass is 10.2. The topological polar surface area (TPSA) is 87.4 Å². The molecular weight excluding hydrogens is 246 g/mol. The Morgan fingerprint density at radius 3 is 2.74 bits per heavy atom. The number of phenolic OH excluding ortho intramolecular Hbond substituents is 2. The minimum Gasteiger partial charge on any atom is -0.504 e. The Bertz CT molecular complexity index is 593. The first kappa shape index (κ1) is 12.9. The lowest BCUT2D eigenvalue weighted by Gasteiger charge is -2.05. The molecule has 0 unspecified atom stereocenters. The van der Waals surface area contributed by atoms with Crippen molar-refractivity contribution in [2.75, 3.05) is 6.54 Å². The van der Waals surface area contributed by atoms with E-state index < -0.39 is 0 Å². The molecule has 2 rings (SSSR count). The molecule has 0 aliphatic heterocycles. The zero-order valence-electron chi connectivity index (χ0n) is 10.5. The van der Waals surface area contributed by atoms with Gasteiger partial charge in [0.15, 0.2) is 11.5 Å². The Morgan fingerprint density at radius 1 is 1.32 bits per heavy atom. The normalized spacial score (nSPS) is 10.4. The van der Waals surface area contributed by atoms with E-state index in [9.17, 15) is 9.90 Å². The average molecular weight is 261 g/mol. The molecule has 0 fully saturated rings. The predicted octanol–water partition coefficient (Wildman–Crippen LogP) is 0.804. The number of benzene rings is 1. The number of phenols is 2. The molecule has 100 valence electrons. The molecule has 0 radical (unpaired) electrons. The molecule has 1 amide bonds. The maximum Gasteiger partial charge on any atom is 0.251 e. The van der Waals surface area contributed by atoms with Crippen molar-refractivity contribution in [3.05, 3.63) is 41.7 Å². The van der Waals surface area contributed by atoms with Gasteiger partial charge in [0.2, 0.25) is 0 Å². The molecule has 0 aliphatic rings. The number of nitrogens with one attached hydrogen (secondary N) is 1. The summed E-state index contributed by atoms with van der Waals surface area (Å²) in [6.07, 6.45) is 2.48. The van der Waals surface area contributed by atoms with Crippen LogP contribution in [0.3, 0.4) is 0 Å². The fraction of sp³-hybridized carbons (Fsp3) is 0.231. The fourth-order valence-corrected chi connectivity index (χ4v) is 1.67. The van der Waals surface area contributed by atoms with E-state index in [4.69, 9.17) is 5.11 Å². The Labute approximate surface area is 110 Å². The summed E-state index contributed by atoms with van der Waals surface area (Å²) in [4.78, 5) is 11.8. The number of carbonyl (C=O) groups is 1. The summed E-state index contributed by atoms with van der Waals surface area (Å²) in [6, 6.07) is 5.85. The summed E-state index contributed by atoms with van der Waals surface area (Å²) in [5, 5.41) is 25.4. The number of aromatic hydroxyl groups is 2. The number of hydrogen-bond acceptors (Lipinski definition) is 4. The lowest BCUT2D eigenvalue weighted by Crippen LogP contribution is -2.25. The highest BCUT2D eigenvalue weighted by molar-refractivity contribution is 5.94. The third-order valence-electron chi connectivity index (χ3n) is 2.67. The zero-order chi connectivity index (χ0) is 13.8. The first-order valence-electron chi connectivity index (χ1n) is 5.85. The van der Waals surface area contributed by atoms with E-state index in [1.54, 1.807) is 4.68 Å². The van der Waals surface area contributed by atoms with Crippen molar-refractivity contribution in [2.45, 2.75) is 6.42 Å². The van der Waals surface area contributed by atoms with E-state index in [1.165, 1.54) is 18.2 Å². The van der Waals surface area contributed by atoms with Gasteiger partial charge >= 0.3 is 0 Å². The highest BCUT2D eigenvalue weighted by atomic mass is 16.3.